The smallest absolute Gasteiger partial charge is 0.132 e. The lowest BCUT2D eigenvalue weighted by atomic mass is 10.1. The molecule has 0 spiro atoms. The first-order valence-electron chi connectivity index (χ1n) is 6.62. The summed E-state index contributed by atoms with van der Waals surface area (Å²) in [5.74, 6) is 2.69. The summed E-state index contributed by atoms with van der Waals surface area (Å²) in [6.45, 7) is 11.7. The molecule has 17 heavy (non-hydrogen) atoms. The molecule has 0 saturated carbocycles. The Kier molecular flexibility index (Phi) is 5.39. The Morgan fingerprint density at radius 3 is 2.47 bits per heavy atom. The molecule has 0 aromatic carbocycles. The molecule has 1 N–H and O–H groups in total. The highest BCUT2D eigenvalue weighted by atomic mass is 15.0. The molecule has 3 heteroatoms. The molecule has 0 amide bonds. The minimum absolute atomic E-state index is 0.701. The lowest BCUT2D eigenvalue weighted by molar-refractivity contribution is 0.574. The molecule has 1 aromatic rings. The van der Waals surface area contributed by atoms with Gasteiger partial charge in [-0.3, -0.25) is 0 Å². The molecular formula is C14H25N3. The van der Waals surface area contributed by atoms with Gasteiger partial charge in [0.25, 0.3) is 0 Å². The Bertz CT molecular complexity index is 359. The average Bonchev–Trinajstić information content (AvgIpc) is 2.28. The van der Waals surface area contributed by atoms with Gasteiger partial charge in [0.2, 0.25) is 0 Å². The van der Waals surface area contributed by atoms with E-state index in [-0.39, 0.29) is 0 Å². The minimum atomic E-state index is 0.701. The van der Waals surface area contributed by atoms with Crippen molar-refractivity contribution in [3.63, 3.8) is 0 Å². The molecule has 0 fully saturated rings. The third kappa shape index (κ3) is 4.33. The van der Waals surface area contributed by atoms with Gasteiger partial charge in [-0.05, 0) is 32.6 Å². The third-order valence-electron chi connectivity index (χ3n) is 2.92. The monoisotopic (exact) mass is 235 g/mol. The summed E-state index contributed by atoms with van der Waals surface area (Å²) < 4.78 is 0. The van der Waals surface area contributed by atoms with Crippen LogP contribution in [-0.2, 0) is 6.42 Å². The average molecular weight is 235 g/mol. The zero-order valence-electron chi connectivity index (χ0n) is 11.8. The number of aromatic nitrogens is 2. The van der Waals surface area contributed by atoms with E-state index >= 15 is 0 Å². The fourth-order valence-corrected chi connectivity index (χ4v) is 1.63. The molecule has 1 rings (SSSR count). The van der Waals surface area contributed by atoms with Crippen LogP contribution in [0.3, 0.4) is 0 Å². The summed E-state index contributed by atoms with van der Waals surface area (Å²) in [5, 5.41) is 3.38. The topological polar surface area (TPSA) is 37.8 Å². The lowest BCUT2D eigenvalue weighted by Gasteiger charge is -2.12. The zero-order chi connectivity index (χ0) is 12.8. The van der Waals surface area contributed by atoms with E-state index in [1.165, 1.54) is 5.56 Å². The number of nitrogens with one attached hydrogen (secondary N) is 1. The van der Waals surface area contributed by atoms with Crippen molar-refractivity contribution in [3.8, 4) is 0 Å². The van der Waals surface area contributed by atoms with Crippen molar-refractivity contribution in [3.05, 3.63) is 17.1 Å². The van der Waals surface area contributed by atoms with Gasteiger partial charge in [0.1, 0.15) is 11.6 Å². The summed E-state index contributed by atoms with van der Waals surface area (Å²) in [4.78, 5) is 9.18. The maximum Gasteiger partial charge on any atom is 0.132 e. The van der Waals surface area contributed by atoms with Crippen molar-refractivity contribution >= 4 is 5.82 Å². The van der Waals surface area contributed by atoms with Gasteiger partial charge in [-0.25, -0.2) is 9.97 Å². The van der Waals surface area contributed by atoms with Crippen molar-refractivity contribution in [2.24, 2.45) is 5.92 Å². The number of rotatable bonds is 6. The Balaban J connectivity index is 2.81. The van der Waals surface area contributed by atoms with Gasteiger partial charge in [-0.15, -0.1) is 0 Å². The second-order valence-corrected chi connectivity index (χ2v) is 5.06. The lowest BCUT2D eigenvalue weighted by Crippen LogP contribution is -2.09. The van der Waals surface area contributed by atoms with Crippen LogP contribution < -0.4 is 5.32 Å². The summed E-state index contributed by atoms with van der Waals surface area (Å²) in [6, 6.07) is 0. The van der Waals surface area contributed by atoms with Crippen molar-refractivity contribution in [2.75, 3.05) is 11.9 Å². The van der Waals surface area contributed by atoms with Gasteiger partial charge in [0, 0.05) is 24.2 Å². The van der Waals surface area contributed by atoms with E-state index in [2.05, 4.69) is 49.9 Å². The SMILES string of the molecule is CCCNc1nc(CCC(C)C)nc(C)c1C. The van der Waals surface area contributed by atoms with Crippen LogP contribution in [0.4, 0.5) is 5.82 Å². The van der Waals surface area contributed by atoms with Crippen molar-refractivity contribution in [2.45, 2.75) is 53.9 Å². The molecule has 0 aliphatic rings. The molecule has 1 aromatic heterocycles. The van der Waals surface area contributed by atoms with E-state index in [9.17, 15) is 0 Å². The molecule has 0 atom stereocenters. The molecule has 96 valence electrons. The van der Waals surface area contributed by atoms with Crippen molar-refractivity contribution < 1.29 is 0 Å². The van der Waals surface area contributed by atoms with Gasteiger partial charge in [0.15, 0.2) is 0 Å². The van der Waals surface area contributed by atoms with E-state index in [4.69, 9.17) is 0 Å². The second kappa shape index (κ2) is 6.58. The van der Waals surface area contributed by atoms with Gasteiger partial charge in [-0.1, -0.05) is 20.8 Å². The molecule has 0 radical (unpaired) electrons. The molecule has 0 saturated heterocycles. The maximum absolute atomic E-state index is 4.62. The molecule has 3 nitrogen and oxygen atoms in total. The number of nitrogens with zero attached hydrogens (tertiary/aromatic N) is 2. The van der Waals surface area contributed by atoms with Crippen LogP contribution in [0.2, 0.25) is 0 Å². The standard InChI is InChI=1S/C14H25N3/c1-6-9-15-14-11(4)12(5)16-13(17-14)8-7-10(2)3/h10H,6-9H2,1-5H3,(H,15,16,17). The number of anilines is 1. The van der Waals surface area contributed by atoms with E-state index in [1.54, 1.807) is 0 Å². The highest BCUT2D eigenvalue weighted by Gasteiger charge is 2.08. The van der Waals surface area contributed by atoms with Crippen LogP contribution in [0.15, 0.2) is 0 Å². The van der Waals surface area contributed by atoms with Crippen LogP contribution in [0.25, 0.3) is 0 Å². The predicted octanol–water partition coefficient (Wildman–Crippen LogP) is 3.50. The largest absolute Gasteiger partial charge is 0.370 e. The first-order valence-corrected chi connectivity index (χ1v) is 6.62. The van der Waals surface area contributed by atoms with Gasteiger partial charge in [-0.2, -0.15) is 0 Å². The highest BCUT2D eigenvalue weighted by Crippen LogP contribution is 2.16. The fourth-order valence-electron chi connectivity index (χ4n) is 1.63. The molecule has 0 bridgehead atoms. The van der Waals surface area contributed by atoms with Crippen molar-refractivity contribution in [1.82, 2.24) is 9.97 Å². The summed E-state index contributed by atoms with van der Waals surface area (Å²) in [5.41, 5.74) is 2.27. The van der Waals surface area contributed by atoms with E-state index in [1.807, 2.05) is 0 Å². The quantitative estimate of drug-likeness (QED) is 0.820. The maximum atomic E-state index is 4.62. The summed E-state index contributed by atoms with van der Waals surface area (Å²) in [7, 11) is 0. The number of aryl methyl sites for hydroxylation is 2. The molecule has 0 aliphatic carbocycles. The number of hydrogen-bond donors (Lipinski definition) is 1. The molecular weight excluding hydrogens is 210 g/mol. The van der Waals surface area contributed by atoms with Crippen LogP contribution in [0.1, 0.15) is 50.7 Å². The van der Waals surface area contributed by atoms with Crippen LogP contribution in [-0.4, -0.2) is 16.5 Å². The highest BCUT2D eigenvalue weighted by molar-refractivity contribution is 5.45. The van der Waals surface area contributed by atoms with Crippen LogP contribution in [0, 0.1) is 19.8 Å². The second-order valence-electron chi connectivity index (χ2n) is 5.06. The Morgan fingerprint density at radius 2 is 1.88 bits per heavy atom. The normalized spacial score (nSPS) is 10.9. The molecule has 0 aliphatic heterocycles. The van der Waals surface area contributed by atoms with E-state index in [0.29, 0.717) is 5.92 Å². The van der Waals surface area contributed by atoms with E-state index < -0.39 is 0 Å². The first-order chi connectivity index (χ1) is 8.04. The number of hydrogen-bond acceptors (Lipinski definition) is 3. The van der Waals surface area contributed by atoms with Crippen molar-refractivity contribution in [1.29, 1.82) is 0 Å². The Hall–Kier alpha value is -1.12. The Labute approximate surface area is 105 Å². The molecule has 0 unspecified atom stereocenters. The third-order valence-corrected chi connectivity index (χ3v) is 2.92. The fraction of sp³-hybridized carbons (Fsp3) is 0.714. The van der Waals surface area contributed by atoms with Gasteiger partial charge in [0.05, 0.1) is 0 Å². The summed E-state index contributed by atoms with van der Waals surface area (Å²) in [6.07, 6.45) is 3.24. The van der Waals surface area contributed by atoms with Gasteiger partial charge >= 0.3 is 0 Å². The van der Waals surface area contributed by atoms with Crippen LogP contribution in [0.5, 0.6) is 0 Å². The van der Waals surface area contributed by atoms with E-state index in [0.717, 1.165) is 43.1 Å². The zero-order valence-corrected chi connectivity index (χ0v) is 11.8. The Morgan fingerprint density at radius 1 is 1.18 bits per heavy atom. The van der Waals surface area contributed by atoms with Gasteiger partial charge < -0.3 is 5.32 Å². The van der Waals surface area contributed by atoms with Crippen LogP contribution >= 0.6 is 0 Å². The molecule has 1 heterocycles. The first kappa shape index (κ1) is 13.9. The predicted molar refractivity (Wildman–Crippen MR) is 73.4 cm³/mol. The summed E-state index contributed by atoms with van der Waals surface area (Å²) >= 11 is 0. The minimum Gasteiger partial charge on any atom is -0.370 e.